The van der Waals surface area contributed by atoms with Crippen molar-refractivity contribution in [3.8, 4) is 0 Å². The number of hydrogen-bond donors (Lipinski definition) is 2. The van der Waals surface area contributed by atoms with Crippen LogP contribution in [0.2, 0.25) is 0 Å². The van der Waals surface area contributed by atoms with Gasteiger partial charge in [-0.25, -0.2) is 4.99 Å². The third kappa shape index (κ3) is 10.1. The highest BCUT2D eigenvalue weighted by Gasteiger charge is 1.98. The van der Waals surface area contributed by atoms with Crippen LogP contribution in [-0.2, 0) is 11.3 Å². The van der Waals surface area contributed by atoms with Crippen molar-refractivity contribution in [2.75, 3.05) is 26.3 Å². The maximum Gasteiger partial charge on any atom is 0.191 e. The lowest BCUT2D eigenvalue weighted by molar-refractivity contribution is 0.145. The van der Waals surface area contributed by atoms with Gasteiger partial charge in [-0.1, -0.05) is 28.1 Å². The smallest absolute Gasteiger partial charge is 0.191 e. The van der Waals surface area contributed by atoms with E-state index in [4.69, 9.17) is 4.74 Å². The number of hydrogen-bond acceptors (Lipinski definition) is 2. The molecule has 0 radical (unpaired) electrons. The Morgan fingerprint density at radius 2 is 2.10 bits per heavy atom. The van der Waals surface area contributed by atoms with Gasteiger partial charge in [-0.05, 0) is 38.0 Å². The van der Waals surface area contributed by atoms with E-state index in [9.17, 15) is 0 Å². The molecule has 1 rings (SSSR count). The van der Waals surface area contributed by atoms with E-state index in [0.29, 0.717) is 6.54 Å². The Balaban J connectivity index is 0.00000400. The van der Waals surface area contributed by atoms with Crippen LogP contribution in [0, 0.1) is 0 Å². The zero-order chi connectivity index (χ0) is 14.6. The minimum atomic E-state index is 0. The van der Waals surface area contributed by atoms with Crippen molar-refractivity contribution in [2.24, 2.45) is 4.99 Å². The van der Waals surface area contributed by atoms with Crippen molar-refractivity contribution in [3.05, 3.63) is 34.3 Å². The molecule has 0 saturated heterocycles. The molecule has 0 aliphatic rings. The van der Waals surface area contributed by atoms with Gasteiger partial charge in [-0.15, -0.1) is 24.0 Å². The van der Waals surface area contributed by atoms with Gasteiger partial charge < -0.3 is 15.4 Å². The van der Waals surface area contributed by atoms with Crippen LogP contribution >= 0.6 is 39.9 Å². The molecule has 0 aliphatic heterocycles. The summed E-state index contributed by atoms with van der Waals surface area (Å²) in [4.78, 5) is 4.58. The quantitative estimate of drug-likeness (QED) is 0.265. The summed E-state index contributed by atoms with van der Waals surface area (Å²) in [6, 6.07) is 8.21. The van der Waals surface area contributed by atoms with Gasteiger partial charge in [-0.3, -0.25) is 0 Å². The lowest BCUT2D eigenvalue weighted by Crippen LogP contribution is -2.38. The Bertz CT molecular complexity index is 416. The van der Waals surface area contributed by atoms with Crippen LogP contribution in [0.25, 0.3) is 0 Å². The molecule has 120 valence electrons. The Morgan fingerprint density at radius 3 is 2.76 bits per heavy atom. The summed E-state index contributed by atoms with van der Waals surface area (Å²) in [6.45, 7) is 8.03. The SMILES string of the molecule is CCNC(=NCc1cccc(Br)c1)NCCCOCC.I. The lowest BCUT2D eigenvalue weighted by atomic mass is 10.2. The van der Waals surface area contributed by atoms with Crippen molar-refractivity contribution >= 4 is 45.9 Å². The predicted molar refractivity (Wildman–Crippen MR) is 103 cm³/mol. The Morgan fingerprint density at radius 1 is 1.29 bits per heavy atom. The van der Waals surface area contributed by atoms with Gasteiger partial charge in [-0.2, -0.15) is 0 Å². The fourth-order valence-electron chi connectivity index (χ4n) is 1.67. The molecule has 0 bridgehead atoms. The molecule has 0 saturated carbocycles. The van der Waals surface area contributed by atoms with E-state index >= 15 is 0 Å². The standard InChI is InChI=1S/C15H24BrN3O.HI/c1-3-17-15(18-9-6-10-20-4-2)19-12-13-7-5-8-14(16)11-13;/h5,7-8,11H,3-4,6,9-10,12H2,1-2H3,(H2,17,18,19);1H. The molecule has 0 aromatic heterocycles. The van der Waals surface area contributed by atoms with Gasteiger partial charge in [0, 0.05) is 30.8 Å². The summed E-state index contributed by atoms with van der Waals surface area (Å²) in [5.41, 5.74) is 1.19. The zero-order valence-electron chi connectivity index (χ0n) is 12.7. The molecular formula is C15H25BrIN3O. The average Bonchev–Trinajstić information content (AvgIpc) is 2.44. The van der Waals surface area contributed by atoms with Crippen molar-refractivity contribution in [1.82, 2.24) is 10.6 Å². The van der Waals surface area contributed by atoms with E-state index in [2.05, 4.69) is 50.6 Å². The van der Waals surface area contributed by atoms with Crippen LogP contribution < -0.4 is 10.6 Å². The molecular weight excluding hydrogens is 445 g/mol. The Labute approximate surface area is 153 Å². The molecule has 1 aromatic rings. The van der Waals surface area contributed by atoms with E-state index in [0.717, 1.165) is 43.2 Å². The molecule has 6 heteroatoms. The summed E-state index contributed by atoms with van der Waals surface area (Å²) in [5, 5.41) is 6.56. The first-order valence-corrected chi connectivity index (χ1v) is 7.90. The molecule has 1 aromatic carbocycles. The minimum Gasteiger partial charge on any atom is -0.382 e. The first-order valence-electron chi connectivity index (χ1n) is 7.10. The van der Waals surface area contributed by atoms with Crippen LogP contribution in [0.15, 0.2) is 33.7 Å². The first-order chi connectivity index (χ1) is 9.76. The van der Waals surface area contributed by atoms with Gasteiger partial charge in [0.05, 0.1) is 6.54 Å². The number of ether oxygens (including phenoxy) is 1. The third-order valence-corrected chi connectivity index (χ3v) is 3.11. The number of aliphatic imine (C=N–C) groups is 1. The van der Waals surface area contributed by atoms with Gasteiger partial charge >= 0.3 is 0 Å². The summed E-state index contributed by atoms with van der Waals surface area (Å²) < 4.78 is 6.40. The number of nitrogens with one attached hydrogen (secondary N) is 2. The van der Waals surface area contributed by atoms with E-state index in [1.54, 1.807) is 0 Å². The zero-order valence-corrected chi connectivity index (χ0v) is 16.6. The normalized spacial score (nSPS) is 10.9. The fraction of sp³-hybridized carbons (Fsp3) is 0.533. The molecule has 0 amide bonds. The van der Waals surface area contributed by atoms with Crippen molar-refractivity contribution in [1.29, 1.82) is 0 Å². The molecule has 0 unspecified atom stereocenters. The Kier molecular flexibility index (Phi) is 13.1. The lowest BCUT2D eigenvalue weighted by Gasteiger charge is -2.11. The van der Waals surface area contributed by atoms with Crippen LogP contribution in [0.3, 0.4) is 0 Å². The highest BCUT2D eigenvalue weighted by atomic mass is 127. The van der Waals surface area contributed by atoms with E-state index in [1.165, 1.54) is 5.56 Å². The molecule has 0 fully saturated rings. The average molecular weight is 470 g/mol. The minimum absolute atomic E-state index is 0. The maximum atomic E-state index is 5.31. The van der Waals surface area contributed by atoms with Crippen LogP contribution in [0.5, 0.6) is 0 Å². The first kappa shape index (κ1) is 20.7. The molecule has 0 heterocycles. The second-order valence-electron chi connectivity index (χ2n) is 4.30. The van der Waals surface area contributed by atoms with Crippen LogP contribution in [0.1, 0.15) is 25.8 Å². The van der Waals surface area contributed by atoms with Gasteiger partial charge in [0.25, 0.3) is 0 Å². The second kappa shape index (κ2) is 13.3. The van der Waals surface area contributed by atoms with Crippen LogP contribution in [-0.4, -0.2) is 32.3 Å². The molecule has 21 heavy (non-hydrogen) atoms. The number of halogens is 2. The summed E-state index contributed by atoms with van der Waals surface area (Å²) in [5.74, 6) is 0.851. The number of nitrogens with zero attached hydrogens (tertiary/aromatic N) is 1. The molecule has 0 atom stereocenters. The Hall–Kier alpha value is -0.340. The van der Waals surface area contributed by atoms with Crippen LogP contribution in [0.4, 0.5) is 0 Å². The number of rotatable bonds is 8. The van der Waals surface area contributed by atoms with E-state index in [1.807, 2.05) is 19.1 Å². The van der Waals surface area contributed by atoms with Gasteiger partial charge in [0.1, 0.15) is 0 Å². The van der Waals surface area contributed by atoms with Gasteiger partial charge in [0.15, 0.2) is 5.96 Å². The fourth-order valence-corrected chi connectivity index (χ4v) is 2.12. The maximum absolute atomic E-state index is 5.31. The van der Waals surface area contributed by atoms with E-state index < -0.39 is 0 Å². The summed E-state index contributed by atoms with van der Waals surface area (Å²) in [6.07, 6.45) is 0.981. The monoisotopic (exact) mass is 469 g/mol. The van der Waals surface area contributed by atoms with Crippen molar-refractivity contribution < 1.29 is 4.74 Å². The topological polar surface area (TPSA) is 45.7 Å². The number of guanidine groups is 1. The van der Waals surface area contributed by atoms with Crippen molar-refractivity contribution in [2.45, 2.75) is 26.8 Å². The predicted octanol–water partition coefficient (Wildman–Crippen LogP) is 3.55. The second-order valence-corrected chi connectivity index (χ2v) is 5.22. The molecule has 4 nitrogen and oxygen atoms in total. The third-order valence-electron chi connectivity index (χ3n) is 2.62. The van der Waals surface area contributed by atoms with E-state index in [-0.39, 0.29) is 24.0 Å². The molecule has 0 spiro atoms. The largest absolute Gasteiger partial charge is 0.382 e. The molecule has 0 aliphatic carbocycles. The summed E-state index contributed by atoms with van der Waals surface area (Å²) >= 11 is 3.47. The molecule has 2 N–H and O–H groups in total. The number of benzene rings is 1. The summed E-state index contributed by atoms with van der Waals surface area (Å²) in [7, 11) is 0. The van der Waals surface area contributed by atoms with Gasteiger partial charge in [0.2, 0.25) is 0 Å². The highest BCUT2D eigenvalue weighted by Crippen LogP contribution is 2.12. The van der Waals surface area contributed by atoms with Crippen molar-refractivity contribution in [3.63, 3.8) is 0 Å². The highest BCUT2D eigenvalue weighted by molar-refractivity contribution is 14.0.